The van der Waals surface area contributed by atoms with Crippen molar-refractivity contribution in [2.24, 2.45) is 0 Å². The number of hydrogen-bond donors (Lipinski definition) is 2. The highest BCUT2D eigenvalue weighted by molar-refractivity contribution is 5.87. The summed E-state index contributed by atoms with van der Waals surface area (Å²) in [5, 5.41) is 27.9. The van der Waals surface area contributed by atoms with Gasteiger partial charge in [-0.25, -0.2) is 0 Å². The summed E-state index contributed by atoms with van der Waals surface area (Å²) >= 11 is 0. The standard InChI is InChI=1S/C12H11N3O2/c16-7-6-11-14-13-10-5-4-8-2-1-3-9(17)12(8)15(10)11/h1-5,16-17H,6-7H2. The third-order valence-electron chi connectivity index (χ3n) is 2.77. The second kappa shape index (κ2) is 3.71. The number of aromatic hydroxyl groups is 1. The molecule has 0 aliphatic heterocycles. The van der Waals surface area contributed by atoms with Crippen LogP contribution in [0, 0.1) is 0 Å². The van der Waals surface area contributed by atoms with Gasteiger partial charge >= 0.3 is 0 Å². The van der Waals surface area contributed by atoms with Crippen molar-refractivity contribution in [1.82, 2.24) is 14.6 Å². The number of aliphatic hydroxyl groups excluding tert-OH is 1. The van der Waals surface area contributed by atoms with Gasteiger partial charge in [0.1, 0.15) is 11.6 Å². The molecule has 2 N–H and O–H groups in total. The Morgan fingerprint density at radius 2 is 2.00 bits per heavy atom. The maximum Gasteiger partial charge on any atom is 0.161 e. The first kappa shape index (κ1) is 10.0. The summed E-state index contributed by atoms with van der Waals surface area (Å²) in [4.78, 5) is 0. The Morgan fingerprint density at radius 1 is 1.12 bits per heavy atom. The topological polar surface area (TPSA) is 70.7 Å². The van der Waals surface area contributed by atoms with Crippen molar-refractivity contribution in [3.05, 3.63) is 36.2 Å². The maximum absolute atomic E-state index is 9.94. The van der Waals surface area contributed by atoms with Gasteiger partial charge in [0, 0.05) is 11.8 Å². The fraction of sp³-hybridized carbons (Fsp3) is 0.167. The monoisotopic (exact) mass is 229 g/mol. The number of hydrogen-bond acceptors (Lipinski definition) is 4. The van der Waals surface area contributed by atoms with E-state index in [2.05, 4.69) is 10.2 Å². The lowest BCUT2D eigenvalue weighted by atomic mass is 10.2. The Balaban J connectivity index is 2.47. The molecule has 0 bridgehead atoms. The Bertz CT molecular complexity index is 691. The predicted octanol–water partition coefficient (Wildman–Crippen LogP) is 1.12. The van der Waals surface area contributed by atoms with Gasteiger partial charge < -0.3 is 10.2 Å². The largest absolute Gasteiger partial charge is 0.506 e. The minimum atomic E-state index is 0.00474. The van der Waals surface area contributed by atoms with Crippen LogP contribution in [0.3, 0.4) is 0 Å². The minimum absolute atomic E-state index is 0.00474. The smallest absolute Gasteiger partial charge is 0.161 e. The molecule has 0 amide bonds. The lowest BCUT2D eigenvalue weighted by Crippen LogP contribution is -1.99. The van der Waals surface area contributed by atoms with Crippen LogP contribution in [0.1, 0.15) is 5.82 Å². The number of pyridine rings is 1. The zero-order chi connectivity index (χ0) is 11.8. The lowest BCUT2D eigenvalue weighted by molar-refractivity contribution is 0.296. The van der Waals surface area contributed by atoms with Crippen LogP contribution < -0.4 is 0 Å². The van der Waals surface area contributed by atoms with Crippen molar-refractivity contribution in [3.63, 3.8) is 0 Å². The van der Waals surface area contributed by atoms with Crippen LogP contribution >= 0.6 is 0 Å². The summed E-state index contributed by atoms with van der Waals surface area (Å²) < 4.78 is 1.78. The second-order valence-electron chi connectivity index (χ2n) is 3.83. The number of fused-ring (bicyclic) bond motifs is 3. The van der Waals surface area contributed by atoms with Gasteiger partial charge in [-0.15, -0.1) is 10.2 Å². The molecule has 0 spiro atoms. The third kappa shape index (κ3) is 1.43. The number of phenolic OH excluding ortho intramolecular Hbond substituents is 1. The van der Waals surface area contributed by atoms with Gasteiger partial charge in [-0.05, 0) is 18.2 Å². The molecule has 0 saturated heterocycles. The molecular formula is C12H11N3O2. The summed E-state index contributed by atoms with van der Waals surface area (Å²) in [6.07, 6.45) is 0.411. The summed E-state index contributed by atoms with van der Waals surface area (Å²) in [6, 6.07) is 9.07. The average molecular weight is 229 g/mol. The number of benzene rings is 1. The van der Waals surface area contributed by atoms with Crippen molar-refractivity contribution in [1.29, 1.82) is 0 Å². The number of aliphatic hydroxyl groups is 1. The van der Waals surface area contributed by atoms with Crippen molar-refractivity contribution >= 4 is 16.6 Å². The summed E-state index contributed by atoms with van der Waals surface area (Å²) in [5.74, 6) is 0.835. The van der Waals surface area contributed by atoms with Gasteiger partial charge in [0.25, 0.3) is 0 Å². The minimum Gasteiger partial charge on any atom is -0.506 e. The second-order valence-corrected chi connectivity index (χ2v) is 3.83. The number of nitrogens with zero attached hydrogens (tertiary/aromatic N) is 3. The molecule has 17 heavy (non-hydrogen) atoms. The molecule has 3 rings (SSSR count). The molecule has 5 nitrogen and oxygen atoms in total. The van der Waals surface area contributed by atoms with E-state index < -0.39 is 0 Å². The summed E-state index contributed by atoms with van der Waals surface area (Å²) in [7, 11) is 0. The average Bonchev–Trinajstić information content (AvgIpc) is 2.73. The van der Waals surface area contributed by atoms with E-state index in [4.69, 9.17) is 5.11 Å². The highest BCUT2D eigenvalue weighted by atomic mass is 16.3. The van der Waals surface area contributed by atoms with Crippen molar-refractivity contribution in [2.45, 2.75) is 6.42 Å². The number of phenols is 1. The molecule has 0 saturated carbocycles. The first-order valence-electron chi connectivity index (χ1n) is 5.37. The molecule has 0 fully saturated rings. The predicted molar refractivity (Wildman–Crippen MR) is 62.9 cm³/mol. The molecule has 0 atom stereocenters. The van der Waals surface area contributed by atoms with Crippen molar-refractivity contribution in [3.8, 4) is 5.75 Å². The number of para-hydroxylation sites is 1. The van der Waals surface area contributed by atoms with Crippen LogP contribution in [-0.4, -0.2) is 31.4 Å². The van der Waals surface area contributed by atoms with E-state index in [1.165, 1.54) is 0 Å². The Hall–Kier alpha value is -2.14. The van der Waals surface area contributed by atoms with Gasteiger partial charge in [-0.3, -0.25) is 4.40 Å². The fourth-order valence-electron chi connectivity index (χ4n) is 2.04. The number of rotatable bonds is 2. The molecule has 2 heterocycles. The normalized spacial score (nSPS) is 11.4. The summed E-state index contributed by atoms with van der Waals surface area (Å²) in [5.41, 5.74) is 1.35. The van der Waals surface area contributed by atoms with E-state index in [1.807, 2.05) is 18.2 Å². The first-order chi connectivity index (χ1) is 8.31. The molecule has 3 aromatic rings. The Morgan fingerprint density at radius 3 is 2.82 bits per heavy atom. The molecule has 1 aromatic carbocycles. The SMILES string of the molecule is OCCc1nnc2ccc3cccc(O)c3n12. The maximum atomic E-state index is 9.94. The molecule has 0 radical (unpaired) electrons. The molecule has 86 valence electrons. The highest BCUT2D eigenvalue weighted by Crippen LogP contribution is 2.25. The van der Waals surface area contributed by atoms with E-state index in [-0.39, 0.29) is 12.4 Å². The lowest BCUT2D eigenvalue weighted by Gasteiger charge is -2.05. The van der Waals surface area contributed by atoms with E-state index in [0.717, 1.165) is 5.39 Å². The van der Waals surface area contributed by atoms with E-state index in [0.29, 0.717) is 23.4 Å². The molecule has 5 heteroatoms. The van der Waals surface area contributed by atoms with Crippen LogP contribution in [0.15, 0.2) is 30.3 Å². The zero-order valence-corrected chi connectivity index (χ0v) is 9.04. The van der Waals surface area contributed by atoms with Crippen molar-refractivity contribution in [2.75, 3.05) is 6.61 Å². The number of aromatic nitrogens is 3. The molecule has 0 aliphatic rings. The molecule has 0 unspecified atom stereocenters. The van der Waals surface area contributed by atoms with Crippen LogP contribution in [0.4, 0.5) is 0 Å². The summed E-state index contributed by atoms with van der Waals surface area (Å²) in [6.45, 7) is 0.00474. The fourth-order valence-corrected chi connectivity index (χ4v) is 2.04. The Kier molecular flexibility index (Phi) is 2.19. The van der Waals surface area contributed by atoms with Crippen LogP contribution in [0.25, 0.3) is 16.6 Å². The van der Waals surface area contributed by atoms with Crippen molar-refractivity contribution < 1.29 is 10.2 Å². The molecular weight excluding hydrogens is 218 g/mol. The quantitative estimate of drug-likeness (QED) is 0.691. The Labute approximate surface area is 97.0 Å². The highest BCUT2D eigenvalue weighted by Gasteiger charge is 2.10. The molecule has 2 aromatic heterocycles. The van der Waals surface area contributed by atoms with E-state index in [1.54, 1.807) is 16.5 Å². The van der Waals surface area contributed by atoms with Gasteiger partial charge in [-0.1, -0.05) is 12.1 Å². The zero-order valence-electron chi connectivity index (χ0n) is 9.04. The van der Waals surface area contributed by atoms with Gasteiger partial charge in [0.2, 0.25) is 0 Å². The molecule has 0 aliphatic carbocycles. The van der Waals surface area contributed by atoms with E-state index >= 15 is 0 Å². The van der Waals surface area contributed by atoms with E-state index in [9.17, 15) is 5.11 Å². The van der Waals surface area contributed by atoms with Crippen LogP contribution in [0.5, 0.6) is 5.75 Å². The van der Waals surface area contributed by atoms with Gasteiger partial charge in [0.05, 0.1) is 12.1 Å². The van der Waals surface area contributed by atoms with Gasteiger partial charge in [-0.2, -0.15) is 0 Å². The van der Waals surface area contributed by atoms with Crippen LogP contribution in [-0.2, 0) is 6.42 Å². The first-order valence-corrected chi connectivity index (χ1v) is 5.37. The third-order valence-corrected chi connectivity index (χ3v) is 2.77. The van der Waals surface area contributed by atoms with Crippen LogP contribution in [0.2, 0.25) is 0 Å². The van der Waals surface area contributed by atoms with Gasteiger partial charge in [0.15, 0.2) is 5.65 Å².